The third kappa shape index (κ3) is 4.78. The molecule has 1 heteroatoms. The van der Waals surface area contributed by atoms with Crippen LogP contribution in [0.5, 0.6) is 0 Å². The molecule has 1 atom stereocenters. The van der Waals surface area contributed by atoms with Gasteiger partial charge in [-0.25, -0.2) is 0 Å². The largest absolute Gasteiger partial charge is 0.166 e. The summed E-state index contributed by atoms with van der Waals surface area (Å²) < 4.78 is 0. The molecule has 0 aliphatic rings. The molecule has 0 aliphatic carbocycles. The molecule has 22 heavy (non-hydrogen) atoms. The average Bonchev–Trinajstić information content (AvgIpc) is 2.59. The summed E-state index contributed by atoms with van der Waals surface area (Å²) in [6, 6.07) is 19.3. The molecule has 0 bridgehead atoms. The fraction of sp³-hybridized carbons (Fsp3) is 0.143. The van der Waals surface area contributed by atoms with Crippen molar-refractivity contribution >= 4 is 10.9 Å². The van der Waals surface area contributed by atoms with E-state index in [-0.39, 0.29) is 10.9 Å². The fourth-order valence-electron chi connectivity index (χ4n) is 1.97. The Kier molecular flexibility index (Phi) is 8.09. The minimum atomic E-state index is -0.125. The molecule has 0 fully saturated rings. The van der Waals surface area contributed by atoms with Gasteiger partial charge >= 0.3 is 0 Å². The predicted molar refractivity (Wildman–Crippen MR) is 101 cm³/mol. The lowest BCUT2D eigenvalue weighted by atomic mass is 10.2. The first-order chi connectivity index (χ1) is 10.8. The summed E-state index contributed by atoms with van der Waals surface area (Å²) in [5.74, 6) is 0. The van der Waals surface area contributed by atoms with Crippen molar-refractivity contribution in [2.24, 2.45) is 0 Å². The molecule has 0 saturated heterocycles. The third-order valence-corrected chi connectivity index (χ3v) is 5.22. The van der Waals surface area contributed by atoms with E-state index in [4.69, 9.17) is 0 Å². The Morgan fingerprint density at radius 1 is 0.864 bits per heavy atom. The van der Waals surface area contributed by atoms with Crippen molar-refractivity contribution in [1.29, 1.82) is 0 Å². The van der Waals surface area contributed by atoms with Gasteiger partial charge in [-0.05, 0) is 43.3 Å². The Morgan fingerprint density at radius 2 is 1.41 bits per heavy atom. The minimum absolute atomic E-state index is 0.125. The van der Waals surface area contributed by atoms with Crippen LogP contribution in [-0.4, -0.2) is 0 Å². The Morgan fingerprint density at radius 3 is 1.91 bits per heavy atom. The summed E-state index contributed by atoms with van der Waals surface area (Å²) in [6.45, 7) is 13.9. The predicted octanol–water partition coefficient (Wildman–Crippen LogP) is 6.31. The molecular weight excluding hydrogens is 284 g/mol. The number of allylic oxidation sites excluding steroid dienone is 3. The second-order valence-corrected chi connectivity index (χ2v) is 6.47. The molecule has 0 N–H and O–H groups in total. The lowest BCUT2D eigenvalue weighted by Gasteiger charge is -2.08. The second-order valence-electron chi connectivity index (χ2n) is 4.44. The van der Waals surface area contributed by atoms with Crippen molar-refractivity contribution in [2.45, 2.75) is 30.6 Å². The van der Waals surface area contributed by atoms with E-state index in [0.29, 0.717) is 0 Å². The van der Waals surface area contributed by atoms with Crippen molar-refractivity contribution in [2.75, 3.05) is 0 Å². The highest BCUT2D eigenvalue weighted by atomic mass is 32.2. The Balaban J connectivity index is 0.00000116. The van der Waals surface area contributed by atoms with Crippen LogP contribution < -0.4 is 0 Å². The van der Waals surface area contributed by atoms with Gasteiger partial charge in [0.2, 0.25) is 0 Å². The summed E-state index contributed by atoms with van der Waals surface area (Å²) in [5.41, 5.74) is 1.28. The van der Waals surface area contributed by atoms with Crippen LogP contribution in [0.3, 0.4) is 0 Å². The molecule has 2 aromatic rings. The van der Waals surface area contributed by atoms with Gasteiger partial charge in [-0.3, -0.25) is 0 Å². The van der Waals surface area contributed by atoms with Gasteiger partial charge < -0.3 is 0 Å². The van der Waals surface area contributed by atoms with E-state index < -0.39 is 0 Å². The molecule has 0 radical (unpaired) electrons. The van der Waals surface area contributed by atoms with E-state index in [0.717, 1.165) is 0 Å². The highest BCUT2D eigenvalue weighted by molar-refractivity contribution is 8.00. The topological polar surface area (TPSA) is 0 Å². The van der Waals surface area contributed by atoms with Crippen LogP contribution in [0.25, 0.3) is 0 Å². The van der Waals surface area contributed by atoms with Gasteiger partial charge in [0.05, 0.1) is 10.9 Å². The molecule has 1 unspecified atom stereocenters. The van der Waals surface area contributed by atoms with Gasteiger partial charge in [0.15, 0.2) is 14.7 Å². The maximum Gasteiger partial charge on any atom is 0.166 e. The number of hydrogen-bond acceptors (Lipinski definition) is 0. The molecular formula is C21H25S+. The first kappa shape index (κ1) is 18.1. The van der Waals surface area contributed by atoms with Crippen LogP contribution in [-0.2, 0) is 10.9 Å². The van der Waals surface area contributed by atoms with E-state index in [1.807, 2.05) is 38.1 Å². The lowest BCUT2D eigenvalue weighted by molar-refractivity contribution is 1.34. The van der Waals surface area contributed by atoms with Gasteiger partial charge in [0.1, 0.15) is 0 Å². The van der Waals surface area contributed by atoms with Gasteiger partial charge in [0.25, 0.3) is 0 Å². The van der Waals surface area contributed by atoms with Gasteiger partial charge in [0, 0.05) is 0 Å². The van der Waals surface area contributed by atoms with Crippen LogP contribution in [0.15, 0.2) is 101 Å². The van der Waals surface area contributed by atoms with Crippen molar-refractivity contribution in [1.82, 2.24) is 0 Å². The molecule has 0 heterocycles. The third-order valence-electron chi connectivity index (χ3n) is 2.95. The van der Waals surface area contributed by atoms with Crippen molar-refractivity contribution in [3.05, 3.63) is 96.5 Å². The molecule has 0 saturated carbocycles. The van der Waals surface area contributed by atoms with E-state index in [9.17, 15) is 0 Å². The molecule has 0 aromatic heterocycles. The van der Waals surface area contributed by atoms with E-state index in [1.54, 1.807) is 0 Å². The van der Waals surface area contributed by atoms with Crippen LogP contribution in [0, 0.1) is 6.92 Å². The van der Waals surface area contributed by atoms with Gasteiger partial charge in [-0.15, -0.1) is 0 Å². The lowest BCUT2D eigenvalue weighted by Crippen LogP contribution is -2.05. The number of benzene rings is 2. The Labute approximate surface area is 138 Å². The van der Waals surface area contributed by atoms with E-state index in [2.05, 4.69) is 68.6 Å². The summed E-state index contributed by atoms with van der Waals surface area (Å²) in [4.78, 5) is 3.79. The summed E-state index contributed by atoms with van der Waals surface area (Å²) in [6.07, 6.45) is 5.80. The molecule has 0 amide bonds. The van der Waals surface area contributed by atoms with E-state index in [1.165, 1.54) is 20.3 Å². The standard InChI is InChI=1S/C19H19S.C2H6/c1-4-9-17(5-2)20(18-10-7-6-8-11-18)19-14-12-16(3)13-15-19;1-2/h4-15H,1-2H2,3H3;1-2H3/q+1;/b17-9+;. The Hall–Kier alpha value is -1.99. The number of aryl methyl sites for hydroxylation is 1. The monoisotopic (exact) mass is 309 g/mol. The second kappa shape index (κ2) is 9.86. The van der Waals surface area contributed by atoms with Crippen LogP contribution in [0.1, 0.15) is 19.4 Å². The number of hydrogen-bond donors (Lipinski definition) is 0. The summed E-state index contributed by atoms with van der Waals surface area (Å²) in [7, 11) is -0.125. The zero-order chi connectivity index (χ0) is 16.4. The maximum atomic E-state index is 3.96. The van der Waals surface area contributed by atoms with Crippen molar-refractivity contribution < 1.29 is 0 Å². The normalized spacial score (nSPS) is 11.9. The summed E-state index contributed by atoms with van der Waals surface area (Å²) >= 11 is 0. The van der Waals surface area contributed by atoms with Crippen LogP contribution in [0.4, 0.5) is 0 Å². The molecule has 0 nitrogen and oxygen atoms in total. The van der Waals surface area contributed by atoms with Crippen LogP contribution in [0.2, 0.25) is 0 Å². The smallest absolute Gasteiger partial charge is 0.0989 e. The van der Waals surface area contributed by atoms with Gasteiger partial charge in [-0.2, -0.15) is 0 Å². The molecule has 114 valence electrons. The van der Waals surface area contributed by atoms with Gasteiger partial charge in [-0.1, -0.05) is 69.0 Å². The molecule has 2 aromatic carbocycles. The quantitative estimate of drug-likeness (QED) is 0.448. The molecule has 0 aliphatic heterocycles. The Bertz CT molecular complexity index is 606. The SMILES string of the molecule is C=C/C=C(\C=C)[S+](c1ccccc1)c1ccc(C)cc1.CC. The number of rotatable bonds is 5. The molecule has 0 spiro atoms. The zero-order valence-electron chi connectivity index (χ0n) is 13.8. The molecule has 2 rings (SSSR count). The van der Waals surface area contributed by atoms with Crippen molar-refractivity contribution in [3.63, 3.8) is 0 Å². The summed E-state index contributed by atoms with van der Waals surface area (Å²) in [5, 5.41) is 0. The highest BCUT2D eigenvalue weighted by Gasteiger charge is 2.28. The first-order valence-electron chi connectivity index (χ1n) is 7.57. The average molecular weight is 309 g/mol. The van der Waals surface area contributed by atoms with E-state index >= 15 is 0 Å². The van der Waals surface area contributed by atoms with Crippen molar-refractivity contribution in [3.8, 4) is 0 Å². The minimum Gasteiger partial charge on any atom is -0.0989 e. The van der Waals surface area contributed by atoms with Crippen LogP contribution >= 0.6 is 0 Å². The highest BCUT2D eigenvalue weighted by Crippen LogP contribution is 2.30. The fourth-order valence-corrected chi connectivity index (χ4v) is 4.03. The first-order valence-corrected chi connectivity index (χ1v) is 8.80. The maximum absolute atomic E-state index is 3.96. The zero-order valence-corrected chi connectivity index (χ0v) is 14.6.